The van der Waals surface area contributed by atoms with E-state index in [1.54, 1.807) is 29.0 Å². The van der Waals surface area contributed by atoms with Crippen molar-refractivity contribution in [2.45, 2.75) is 62.5 Å². The highest BCUT2D eigenvalue weighted by molar-refractivity contribution is 6.05. The van der Waals surface area contributed by atoms with Gasteiger partial charge in [0.25, 0.3) is 5.91 Å². The highest BCUT2D eigenvalue weighted by atomic mass is 16.6. The molecule has 2 bridgehead atoms. The summed E-state index contributed by atoms with van der Waals surface area (Å²) in [5.74, 6) is -3.45. The van der Waals surface area contributed by atoms with Crippen molar-refractivity contribution in [3.8, 4) is 0 Å². The van der Waals surface area contributed by atoms with Gasteiger partial charge in [0, 0.05) is 32.2 Å². The van der Waals surface area contributed by atoms with E-state index in [1.807, 2.05) is 79.7 Å². The van der Waals surface area contributed by atoms with Crippen LogP contribution < -0.4 is 4.90 Å². The number of hydrogen-bond acceptors (Lipinski definition) is 7. The summed E-state index contributed by atoms with van der Waals surface area (Å²) < 4.78 is 12.9. The largest absolute Gasteiger partial charge is 0.455 e. The predicted molar refractivity (Wildman–Crippen MR) is 190 cm³/mol. The SMILES string of the molecule is C=CCCC(=O)N(C)[C@@H](C)[C@@H](OC(=O)[C@@H]1[C@@H]2CC[C@]3(O2)[C@H](C(=O)N(CC=C)c2ccc4ccccc4c2)N(CCO)C(=O)[C@@H]13)c1ccccc1. The third kappa shape index (κ3) is 6.11. The third-order valence-electron chi connectivity index (χ3n) is 10.6. The van der Waals surface area contributed by atoms with Crippen molar-refractivity contribution in [2.24, 2.45) is 11.8 Å². The Hall–Kier alpha value is -4.80. The van der Waals surface area contributed by atoms with Crippen molar-refractivity contribution in [1.29, 1.82) is 0 Å². The molecule has 262 valence electrons. The van der Waals surface area contributed by atoms with Gasteiger partial charge in [-0.05, 0) is 54.7 Å². The molecule has 3 saturated heterocycles. The molecule has 6 rings (SSSR count). The quantitative estimate of drug-likeness (QED) is 0.192. The number of carbonyl (C=O) groups is 4. The van der Waals surface area contributed by atoms with Gasteiger partial charge >= 0.3 is 5.97 Å². The summed E-state index contributed by atoms with van der Waals surface area (Å²) in [4.78, 5) is 61.0. The van der Waals surface area contributed by atoms with Gasteiger partial charge in [0.15, 0.2) is 0 Å². The first-order chi connectivity index (χ1) is 24.2. The van der Waals surface area contributed by atoms with Crippen molar-refractivity contribution in [1.82, 2.24) is 9.80 Å². The molecule has 0 radical (unpaired) electrons. The second-order valence-electron chi connectivity index (χ2n) is 13.4. The Morgan fingerprint density at radius 1 is 1.06 bits per heavy atom. The molecule has 1 spiro atoms. The van der Waals surface area contributed by atoms with Crippen LogP contribution in [0.5, 0.6) is 0 Å². The molecule has 10 heteroatoms. The van der Waals surface area contributed by atoms with Gasteiger partial charge in [0.1, 0.15) is 17.7 Å². The highest BCUT2D eigenvalue weighted by Gasteiger charge is 2.75. The minimum atomic E-state index is -1.28. The average molecular weight is 680 g/mol. The molecule has 50 heavy (non-hydrogen) atoms. The fourth-order valence-corrected chi connectivity index (χ4v) is 8.12. The summed E-state index contributed by atoms with van der Waals surface area (Å²) in [5.41, 5.74) is 0.0673. The molecule has 7 atom stereocenters. The van der Waals surface area contributed by atoms with Crippen LogP contribution in [0.4, 0.5) is 5.69 Å². The number of hydrogen-bond donors (Lipinski definition) is 1. The molecular formula is C40H45N3O7. The topological polar surface area (TPSA) is 117 Å². The lowest BCUT2D eigenvalue weighted by Gasteiger charge is -2.36. The van der Waals surface area contributed by atoms with E-state index in [4.69, 9.17) is 9.47 Å². The zero-order chi connectivity index (χ0) is 35.6. The van der Waals surface area contributed by atoms with Gasteiger partial charge in [-0.1, -0.05) is 72.8 Å². The third-order valence-corrected chi connectivity index (χ3v) is 10.6. The number of aliphatic hydroxyl groups is 1. The fourth-order valence-electron chi connectivity index (χ4n) is 8.12. The highest BCUT2D eigenvalue weighted by Crippen LogP contribution is 2.59. The number of fused-ring (bicyclic) bond motifs is 2. The maximum Gasteiger partial charge on any atom is 0.313 e. The molecule has 3 heterocycles. The Morgan fingerprint density at radius 2 is 1.78 bits per heavy atom. The van der Waals surface area contributed by atoms with Crippen LogP contribution >= 0.6 is 0 Å². The van der Waals surface area contributed by atoms with Crippen LogP contribution in [0.3, 0.4) is 0 Å². The smallest absolute Gasteiger partial charge is 0.313 e. The van der Waals surface area contributed by atoms with E-state index in [1.165, 1.54) is 4.90 Å². The van der Waals surface area contributed by atoms with Crippen molar-refractivity contribution < 1.29 is 33.8 Å². The number of β-amino-alcohol motifs (C(OH)–C–C–N with tert-alkyl or cyclic N) is 1. The summed E-state index contributed by atoms with van der Waals surface area (Å²) in [7, 11) is 1.68. The van der Waals surface area contributed by atoms with Gasteiger partial charge in [-0.2, -0.15) is 0 Å². The monoisotopic (exact) mass is 679 g/mol. The maximum absolute atomic E-state index is 14.7. The molecule has 3 amide bonds. The number of likely N-dealkylation sites (N-methyl/N-ethyl adjacent to an activating group) is 1. The number of benzene rings is 3. The lowest BCUT2D eigenvalue weighted by Crippen LogP contribution is -2.56. The lowest BCUT2D eigenvalue weighted by atomic mass is 9.70. The minimum absolute atomic E-state index is 0.0930. The van der Waals surface area contributed by atoms with Crippen LogP contribution in [0.15, 0.2) is 98.1 Å². The number of ether oxygens (including phenoxy) is 2. The Morgan fingerprint density at radius 3 is 2.48 bits per heavy atom. The Bertz CT molecular complexity index is 1780. The summed E-state index contributed by atoms with van der Waals surface area (Å²) >= 11 is 0. The Kier molecular flexibility index (Phi) is 10.2. The molecule has 1 N–H and O–H groups in total. The van der Waals surface area contributed by atoms with E-state index in [0.29, 0.717) is 30.5 Å². The first-order valence-electron chi connectivity index (χ1n) is 17.3. The molecule has 3 aliphatic rings. The zero-order valence-electron chi connectivity index (χ0n) is 28.6. The number of amides is 3. The van der Waals surface area contributed by atoms with Crippen LogP contribution in [0, 0.1) is 11.8 Å². The maximum atomic E-state index is 14.7. The molecule has 0 saturated carbocycles. The molecule has 3 aromatic carbocycles. The minimum Gasteiger partial charge on any atom is -0.455 e. The van der Waals surface area contributed by atoms with E-state index in [9.17, 15) is 24.3 Å². The summed E-state index contributed by atoms with van der Waals surface area (Å²) in [5, 5.41) is 12.1. The van der Waals surface area contributed by atoms with Crippen molar-refractivity contribution >= 4 is 40.2 Å². The van der Waals surface area contributed by atoms with Crippen LogP contribution in [-0.4, -0.2) is 89.1 Å². The number of nitrogens with zero attached hydrogens (tertiary/aromatic N) is 3. The predicted octanol–water partition coefficient (Wildman–Crippen LogP) is 4.82. The summed E-state index contributed by atoms with van der Waals surface area (Å²) in [6, 6.07) is 21.2. The van der Waals surface area contributed by atoms with E-state index >= 15 is 0 Å². The van der Waals surface area contributed by atoms with E-state index in [0.717, 1.165) is 10.8 Å². The number of aliphatic hydroxyl groups excluding tert-OH is 1. The summed E-state index contributed by atoms with van der Waals surface area (Å²) in [6.45, 7) is 9.14. The van der Waals surface area contributed by atoms with Crippen molar-refractivity contribution in [2.75, 3.05) is 31.6 Å². The molecule has 0 unspecified atom stereocenters. The average Bonchev–Trinajstić information content (AvgIpc) is 3.78. The molecule has 3 aromatic rings. The van der Waals surface area contributed by atoms with Gasteiger partial charge in [-0.15, -0.1) is 13.2 Å². The van der Waals surface area contributed by atoms with E-state index < -0.39 is 53.6 Å². The number of rotatable bonds is 14. The number of allylic oxidation sites excluding steroid dienone is 1. The Labute approximate surface area is 292 Å². The second kappa shape index (κ2) is 14.6. The van der Waals surface area contributed by atoms with Crippen LogP contribution in [0.2, 0.25) is 0 Å². The van der Waals surface area contributed by atoms with E-state index in [2.05, 4.69) is 13.2 Å². The number of anilines is 1. The van der Waals surface area contributed by atoms with Gasteiger partial charge < -0.3 is 29.3 Å². The molecule has 3 aliphatic heterocycles. The molecular weight excluding hydrogens is 634 g/mol. The van der Waals surface area contributed by atoms with Crippen molar-refractivity contribution in [3.63, 3.8) is 0 Å². The van der Waals surface area contributed by atoms with E-state index in [-0.39, 0.29) is 37.9 Å². The molecule has 3 fully saturated rings. The lowest BCUT2D eigenvalue weighted by molar-refractivity contribution is -0.164. The van der Waals surface area contributed by atoms with Gasteiger partial charge in [0.05, 0.1) is 30.6 Å². The van der Waals surface area contributed by atoms with Crippen LogP contribution in [0.25, 0.3) is 10.8 Å². The zero-order valence-corrected chi connectivity index (χ0v) is 28.6. The Balaban J connectivity index is 1.32. The second-order valence-corrected chi connectivity index (χ2v) is 13.4. The fraction of sp³-hybridized carbons (Fsp3) is 0.400. The molecule has 0 aliphatic carbocycles. The van der Waals surface area contributed by atoms with Gasteiger partial charge in [-0.3, -0.25) is 19.2 Å². The standard InChI is InChI=1S/C40H45N3O7/c1-5-7-17-32(45)41(4)26(3)35(28-14-9-8-10-15-28)49-39(48)33-31-20-21-40(50-31)34(33)37(46)43(23-24-44)36(40)38(47)42(22-6-2)30-19-18-27-13-11-12-16-29(27)25-30/h5-6,8-16,18-19,25-26,31,33-36,44H,1-2,7,17,20-24H2,3-4H3/t26-,31-,33+,34+,35+,36-,40+/m0/s1. The van der Waals surface area contributed by atoms with Crippen LogP contribution in [-0.2, 0) is 28.7 Å². The van der Waals surface area contributed by atoms with Gasteiger partial charge in [-0.25, -0.2) is 0 Å². The summed E-state index contributed by atoms with van der Waals surface area (Å²) in [6.07, 6.45) is 3.52. The van der Waals surface area contributed by atoms with Crippen molar-refractivity contribution in [3.05, 3.63) is 104 Å². The van der Waals surface area contributed by atoms with Crippen LogP contribution in [0.1, 0.15) is 44.3 Å². The normalized spacial score (nSPS) is 24.8. The number of likely N-dealkylation sites (tertiary alicyclic amines) is 1. The number of carbonyl (C=O) groups excluding carboxylic acids is 4. The first-order valence-corrected chi connectivity index (χ1v) is 17.3. The number of esters is 1. The molecule has 0 aromatic heterocycles. The molecule has 10 nitrogen and oxygen atoms in total. The van der Waals surface area contributed by atoms with Gasteiger partial charge in [0.2, 0.25) is 11.8 Å². The first kappa shape index (κ1) is 35.0.